The maximum atomic E-state index is 12.6. The minimum Gasteiger partial charge on any atom is -0.496 e. The van der Waals surface area contributed by atoms with Gasteiger partial charge in [0.2, 0.25) is 0 Å². The normalized spacial score (nSPS) is 20.4. The van der Waals surface area contributed by atoms with Crippen molar-refractivity contribution in [3.05, 3.63) is 34.2 Å². The highest BCUT2D eigenvalue weighted by Gasteiger charge is 2.37. The van der Waals surface area contributed by atoms with Gasteiger partial charge in [0.1, 0.15) is 5.75 Å². The van der Waals surface area contributed by atoms with E-state index in [-0.39, 0.29) is 22.7 Å². The molecule has 1 fully saturated rings. The molecule has 2 heterocycles. The molecule has 27 heavy (non-hydrogen) atoms. The van der Waals surface area contributed by atoms with Crippen molar-refractivity contribution in [2.24, 2.45) is 0 Å². The SMILES string of the molecule is COc1cc2c(cc1/C=C1/SC(=O)N(C(C)C)C1=O)C(C)=CC(C)(C)N2C. The summed E-state index contributed by atoms with van der Waals surface area (Å²) in [5.41, 5.74) is 4.08. The Bertz CT molecular complexity index is 884. The number of ether oxygens (including phenoxy) is 1. The molecule has 1 aromatic rings. The number of allylic oxidation sites excluding steroid dienone is 1. The van der Waals surface area contributed by atoms with E-state index in [0.29, 0.717) is 10.7 Å². The summed E-state index contributed by atoms with van der Waals surface area (Å²) in [6, 6.07) is 3.89. The van der Waals surface area contributed by atoms with Crippen LogP contribution in [0.25, 0.3) is 11.6 Å². The Morgan fingerprint density at radius 2 is 1.89 bits per heavy atom. The highest BCUT2D eigenvalue weighted by molar-refractivity contribution is 8.18. The van der Waals surface area contributed by atoms with Crippen molar-refractivity contribution < 1.29 is 14.3 Å². The summed E-state index contributed by atoms with van der Waals surface area (Å²) in [5.74, 6) is 0.438. The van der Waals surface area contributed by atoms with Crippen LogP contribution in [0.1, 0.15) is 45.7 Å². The molecule has 2 amide bonds. The van der Waals surface area contributed by atoms with Gasteiger partial charge in [-0.3, -0.25) is 14.5 Å². The van der Waals surface area contributed by atoms with Gasteiger partial charge in [-0.1, -0.05) is 6.08 Å². The van der Waals surface area contributed by atoms with Gasteiger partial charge in [0.05, 0.1) is 17.6 Å². The molecule has 0 saturated carbocycles. The van der Waals surface area contributed by atoms with Crippen LogP contribution in [0.5, 0.6) is 5.75 Å². The topological polar surface area (TPSA) is 49.9 Å². The molecule has 144 valence electrons. The number of thioether (sulfide) groups is 1. The number of hydrogen-bond acceptors (Lipinski definition) is 5. The molecule has 0 N–H and O–H groups in total. The lowest BCUT2D eigenvalue weighted by atomic mass is 9.88. The summed E-state index contributed by atoms with van der Waals surface area (Å²) < 4.78 is 5.60. The maximum Gasteiger partial charge on any atom is 0.293 e. The smallest absolute Gasteiger partial charge is 0.293 e. The number of likely N-dealkylation sites (N-methyl/N-ethyl adjacent to an activating group) is 1. The van der Waals surface area contributed by atoms with E-state index in [1.165, 1.54) is 10.5 Å². The molecule has 2 aliphatic heterocycles. The standard InChI is InChI=1S/C21H26N2O3S/c1-12(2)23-19(24)18(27-20(23)25)9-14-8-15-13(3)11-21(4,5)22(6)16(15)10-17(14)26-7/h8-12H,1-7H3/b18-9+. The molecule has 3 rings (SSSR count). The second kappa shape index (κ2) is 6.75. The fourth-order valence-electron chi connectivity index (χ4n) is 3.55. The number of hydrogen-bond donors (Lipinski definition) is 0. The largest absolute Gasteiger partial charge is 0.496 e. The zero-order valence-corrected chi connectivity index (χ0v) is 17.7. The summed E-state index contributed by atoms with van der Waals surface area (Å²) in [7, 11) is 3.68. The Hall–Kier alpha value is -2.21. The molecule has 0 spiro atoms. The van der Waals surface area contributed by atoms with Crippen LogP contribution < -0.4 is 9.64 Å². The average Bonchev–Trinajstić information content (AvgIpc) is 2.86. The van der Waals surface area contributed by atoms with Crippen molar-refractivity contribution in [2.75, 3.05) is 19.1 Å². The number of nitrogens with zero attached hydrogens (tertiary/aromatic N) is 2. The molecule has 0 unspecified atom stereocenters. The van der Waals surface area contributed by atoms with E-state index < -0.39 is 0 Å². The summed E-state index contributed by atoms with van der Waals surface area (Å²) in [4.78, 5) is 28.7. The van der Waals surface area contributed by atoms with Gasteiger partial charge in [0, 0.05) is 36.0 Å². The maximum absolute atomic E-state index is 12.6. The van der Waals surface area contributed by atoms with Crippen LogP contribution in [0, 0.1) is 0 Å². The molecule has 6 heteroatoms. The van der Waals surface area contributed by atoms with Gasteiger partial charge < -0.3 is 9.64 Å². The monoisotopic (exact) mass is 386 g/mol. The molecule has 5 nitrogen and oxygen atoms in total. The number of anilines is 1. The molecule has 0 atom stereocenters. The fraction of sp³-hybridized carbons (Fsp3) is 0.429. The Labute approximate surface area is 165 Å². The minimum absolute atomic E-state index is 0.0937. The van der Waals surface area contributed by atoms with E-state index >= 15 is 0 Å². The number of amides is 2. The van der Waals surface area contributed by atoms with E-state index in [4.69, 9.17) is 4.74 Å². The van der Waals surface area contributed by atoms with Crippen LogP contribution in [0.3, 0.4) is 0 Å². The molecule has 2 aliphatic rings. The average molecular weight is 387 g/mol. The van der Waals surface area contributed by atoms with Gasteiger partial charge in [-0.15, -0.1) is 0 Å². The third kappa shape index (κ3) is 3.27. The Morgan fingerprint density at radius 1 is 1.22 bits per heavy atom. The van der Waals surface area contributed by atoms with Gasteiger partial charge in [0.25, 0.3) is 11.1 Å². The van der Waals surface area contributed by atoms with Gasteiger partial charge in [-0.2, -0.15) is 0 Å². The number of carbonyl (C=O) groups excluding carboxylic acids is 2. The zero-order chi connectivity index (χ0) is 20.1. The second-order valence-corrected chi connectivity index (χ2v) is 8.79. The Kier molecular flexibility index (Phi) is 4.89. The Morgan fingerprint density at radius 3 is 2.44 bits per heavy atom. The van der Waals surface area contributed by atoms with Crippen LogP contribution in [-0.2, 0) is 4.79 Å². The predicted molar refractivity (Wildman–Crippen MR) is 112 cm³/mol. The highest BCUT2D eigenvalue weighted by atomic mass is 32.2. The molecule has 0 bridgehead atoms. The van der Waals surface area contributed by atoms with Crippen molar-refractivity contribution in [3.8, 4) is 5.75 Å². The third-order valence-corrected chi connectivity index (χ3v) is 6.08. The lowest BCUT2D eigenvalue weighted by Crippen LogP contribution is -2.42. The Balaban J connectivity index is 2.10. The zero-order valence-electron chi connectivity index (χ0n) is 16.9. The summed E-state index contributed by atoms with van der Waals surface area (Å²) in [6.07, 6.45) is 4.00. The van der Waals surface area contributed by atoms with Crippen LogP contribution in [0.4, 0.5) is 10.5 Å². The van der Waals surface area contributed by atoms with Gasteiger partial charge >= 0.3 is 0 Å². The molecule has 0 aliphatic carbocycles. The lowest BCUT2D eigenvalue weighted by molar-refractivity contribution is -0.123. The quantitative estimate of drug-likeness (QED) is 0.700. The van der Waals surface area contributed by atoms with E-state index in [2.05, 4.69) is 38.8 Å². The van der Waals surface area contributed by atoms with Crippen LogP contribution in [0.2, 0.25) is 0 Å². The molecule has 1 aromatic carbocycles. The van der Waals surface area contributed by atoms with Gasteiger partial charge in [-0.05, 0) is 64.1 Å². The fourth-order valence-corrected chi connectivity index (χ4v) is 4.50. The minimum atomic E-state index is -0.245. The highest BCUT2D eigenvalue weighted by Crippen LogP contribution is 2.43. The first-order chi connectivity index (χ1) is 12.6. The van der Waals surface area contributed by atoms with Gasteiger partial charge in [0.15, 0.2) is 0 Å². The van der Waals surface area contributed by atoms with Crippen LogP contribution in [0.15, 0.2) is 23.1 Å². The number of carbonyl (C=O) groups is 2. The first-order valence-electron chi connectivity index (χ1n) is 8.99. The summed E-state index contributed by atoms with van der Waals surface area (Å²) >= 11 is 0.981. The molecular formula is C21H26N2O3S. The van der Waals surface area contributed by atoms with Crippen molar-refractivity contribution in [1.29, 1.82) is 0 Å². The van der Waals surface area contributed by atoms with Gasteiger partial charge in [-0.25, -0.2) is 0 Å². The second-order valence-electron chi connectivity index (χ2n) is 7.80. The van der Waals surface area contributed by atoms with E-state index in [1.807, 2.05) is 26.0 Å². The van der Waals surface area contributed by atoms with Crippen LogP contribution >= 0.6 is 11.8 Å². The van der Waals surface area contributed by atoms with Crippen molar-refractivity contribution in [3.63, 3.8) is 0 Å². The van der Waals surface area contributed by atoms with Crippen molar-refractivity contribution in [2.45, 2.75) is 46.2 Å². The molecule has 0 aromatic heterocycles. The lowest BCUT2D eigenvalue weighted by Gasteiger charge is -2.41. The molecular weight excluding hydrogens is 360 g/mol. The summed E-state index contributed by atoms with van der Waals surface area (Å²) in [5, 5.41) is -0.226. The van der Waals surface area contributed by atoms with Crippen LogP contribution in [-0.4, -0.2) is 41.8 Å². The van der Waals surface area contributed by atoms with Crippen molar-refractivity contribution >= 4 is 40.2 Å². The first-order valence-corrected chi connectivity index (χ1v) is 9.81. The molecule has 1 saturated heterocycles. The number of imide groups is 1. The predicted octanol–water partition coefficient (Wildman–Crippen LogP) is 4.77. The third-order valence-electron chi connectivity index (χ3n) is 5.19. The van der Waals surface area contributed by atoms with Crippen molar-refractivity contribution in [1.82, 2.24) is 4.90 Å². The van der Waals surface area contributed by atoms with E-state index in [1.54, 1.807) is 13.2 Å². The van der Waals surface area contributed by atoms with E-state index in [0.717, 1.165) is 28.6 Å². The number of rotatable bonds is 3. The first kappa shape index (κ1) is 19.5. The van der Waals surface area contributed by atoms with E-state index in [9.17, 15) is 9.59 Å². The summed E-state index contributed by atoms with van der Waals surface area (Å²) in [6.45, 7) is 10.1. The number of benzene rings is 1. The number of fused-ring (bicyclic) bond motifs is 1. The molecule has 0 radical (unpaired) electrons. The number of methoxy groups -OCH3 is 1.